The molecule has 1 aromatic heterocycles. The second kappa shape index (κ2) is 9.87. The molecule has 0 atom stereocenters. The number of ether oxygens (including phenoxy) is 1. The topological polar surface area (TPSA) is 62.3 Å². The first-order valence-corrected chi connectivity index (χ1v) is 11.1. The van der Waals surface area contributed by atoms with Crippen molar-refractivity contribution in [1.29, 1.82) is 0 Å². The van der Waals surface area contributed by atoms with E-state index in [1.165, 1.54) is 51.4 Å². The predicted octanol–water partition coefficient (Wildman–Crippen LogP) is 4.88. The molecule has 154 valence electrons. The Morgan fingerprint density at radius 1 is 0.966 bits per heavy atom. The lowest BCUT2D eigenvalue weighted by molar-refractivity contribution is 0.462. The summed E-state index contributed by atoms with van der Waals surface area (Å²) >= 11 is 5.51. The van der Waals surface area contributed by atoms with E-state index < -0.39 is 0 Å². The molecule has 0 bridgehead atoms. The molecule has 0 radical (unpaired) electrons. The molecule has 1 saturated carbocycles. The molecule has 2 aromatic rings. The largest absolute Gasteiger partial charge is 0.439 e. The van der Waals surface area contributed by atoms with Crippen molar-refractivity contribution in [1.82, 2.24) is 15.3 Å². The Balaban J connectivity index is 1.53. The van der Waals surface area contributed by atoms with Crippen LogP contribution in [0.3, 0.4) is 0 Å². The lowest BCUT2D eigenvalue weighted by atomic mass is 10.2. The maximum Gasteiger partial charge on any atom is 0.234 e. The van der Waals surface area contributed by atoms with Crippen molar-refractivity contribution in [3.8, 4) is 11.6 Å². The number of nitrogens with one attached hydrogen (secondary N) is 2. The number of hydrogen-bond acceptors (Lipinski definition) is 5. The highest BCUT2D eigenvalue weighted by Crippen LogP contribution is 2.26. The Labute approximate surface area is 178 Å². The predicted molar refractivity (Wildman–Crippen MR) is 121 cm³/mol. The summed E-state index contributed by atoms with van der Waals surface area (Å²) in [4.78, 5) is 11.6. The van der Waals surface area contributed by atoms with E-state index in [0.717, 1.165) is 24.7 Å². The van der Waals surface area contributed by atoms with E-state index in [2.05, 4.69) is 20.5 Å². The van der Waals surface area contributed by atoms with E-state index in [4.69, 9.17) is 21.9 Å². The molecular formula is C22H29N5OS. The summed E-state index contributed by atoms with van der Waals surface area (Å²) in [5, 5.41) is 7.15. The van der Waals surface area contributed by atoms with Crippen LogP contribution in [0.1, 0.15) is 51.4 Å². The SMILES string of the molecule is S=C(Nc1nc(Oc2ccccc2)cc(N2CCCCCC2)n1)NC1CCCC1. The summed E-state index contributed by atoms with van der Waals surface area (Å²) in [6.07, 6.45) is 9.77. The number of rotatable bonds is 5. The van der Waals surface area contributed by atoms with Gasteiger partial charge in [-0.25, -0.2) is 0 Å². The van der Waals surface area contributed by atoms with Crippen LogP contribution in [0.15, 0.2) is 36.4 Å². The van der Waals surface area contributed by atoms with Crippen LogP contribution in [-0.2, 0) is 0 Å². The highest BCUT2D eigenvalue weighted by molar-refractivity contribution is 7.80. The maximum absolute atomic E-state index is 6.02. The van der Waals surface area contributed by atoms with Gasteiger partial charge < -0.3 is 20.3 Å². The Hall–Kier alpha value is -2.41. The zero-order chi connectivity index (χ0) is 19.9. The van der Waals surface area contributed by atoms with Gasteiger partial charge in [0, 0.05) is 25.2 Å². The van der Waals surface area contributed by atoms with Crippen LogP contribution in [0.4, 0.5) is 11.8 Å². The van der Waals surface area contributed by atoms with E-state index in [0.29, 0.717) is 23.0 Å². The lowest BCUT2D eigenvalue weighted by Gasteiger charge is -2.23. The first kappa shape index (κ1) is 19.9. The van der Waals surface area contributed by atoms with Gasteiger partial charge in [0.05, 0.1) is 0 Å². The van der Waals surface area contributed by atoms with Gasteiger partial charge in [0.1, 0.15) is 11.6 Å². The number of hydrogen-bond donors (Lipinski definition) is 2. The molecule has 0 amide bonds. The molecule has 1 aliphatic carbocycles. The third-order valence-electron chi connectivity index (χ3n) is 5.50. The van der Waals surface area contributed by atoms with Crippen molar-refractivity contribution < 1.29 is 4.74 Å². The molecule has 2 aliphatic rings. The summed E-state index contributed by atoms with van der Waals surface area (Å²) in [6, 6.07) is 12.1. The van der Waals surface area contributed by atoms with Crippen LogP contribution in [0.2, 0.25) is 0 Å². The Kier molecular flexibility index (Phi) is 6.77. The standard InChI is InChI=1S/C22H29N5OS/c29-22(23-17-10-6-7-11-17)26-21-24-19(27-14-8-1-2-9-15-27)16-20(25-21)28-18-12-4-3-5-13-18/h3-5,12-13,16-17H,1-2,6-11,14-15H2,(H2,23,24,25,26,29). The summed E-state index contributed by atoms with van der Waals surface area (Å²) in [5.74, 6) is 2.65. The number of benzene rings is 1. The molecule has 2 N–H and O–H groups in total. The number of thiocarbonyl (C=S) groups is 1. The smallest absolute Gasteiger partial charge is 0.234 e. The number of aromatic nitrogens is 2. The molecule has 0 unspecified atom stereocenters. The van der Waals surface area contributed by atoms with Crippen molar-refractivity contribution >= 4 is 29.1 Å². The Morgan fingerprint density at radius 3 is 2.41 bits per heavy atom. The third kappa shape index (κ3) is 5.79. The van der Waals surface area contributed by atoms with Crippen LogP contribution in [-0.4, -0.2) is 34.2 Å². The van der Waals surface area contributed by atoms with Gasteiger partial charge in [0.2, 0.25) is 11.8 Å². The van der Waals surface area contributed by atoms with Crippen LogP contribution in [0, 0.1) is 0 Å². The second-order valence-corrected chi connectivity index (χ2v) is 8.19. The Bertz CT molecular complexity index is 802. The van der Waals surface area contributed by atoms with Crippen LogP contribution in [0.5, 0.6) is 11.6 Å². The minimum atomic E-state index is 0.448. The molecule has 0 spiro atoms. The summed E-state index contributed by atoms with van der Waals surface area (Å²) in [5.41, 5.74) is 0. The molecular weight excluding hydrogens is 382 g/mol. The average molecular weight is 412 g/mol. The molecule has 29 heavy (non-hydrogen) atoms. The molecule has 1 saturated heterocycles. The minimum absolute atomic E-state index is 0.448. The summed E-state index contributed by atoms with van der Waals surface area (Å²) < 4.78 is 6.02. The molecule has 1 aliphatic heterocycles. The molecule has 2 fully saturated rings. The first-order chi connectivity index (χ1) is 14.3. The average Bonchev–Trinajstić information content (AvgIpc) is 3.07. The lowest BCUT2D eigenvalue weighted by Crippen LogP contribution is -2.36. The van der Waals surface area contributed by atoms with Gasteiger partial charge in [-0.05, 0) is 50.0 Å². The van der Waals surface area contributed by atoms with E-state index in [9.17, 15) is 0 Å². The zero-order valence-electron chi connectivity index (χ0n) is 16.8. The Morgan fingerprint density at radius 2 is 1.69 bits per heavy atom. The van der Waals surface area contributed by atoms with Crippen molar-refractivity contribution in [2.75, 3.05) is 23.3 Å². The number of nitrogens with zero attached hydrogens (tertiary/aromatic N) is 3. The van der Waals surface area contributed by atoms with E-state index in [-0.39, 0.29) is 0 Å². The highest BCUT2D eigenvalue weighted by Gasteiger charge is 2.18. The minimum Gasteiger partial charge on any atom is -0.439 e. The molecule has 7 heteroatoms. The summed E-state index contributed by atoms with van der Waals surface area (Å²) in [6.45, 7) is 2.01. The third-order valence-corrected chi connectivity index (χ3v) is 5.72. The normalized spacial score (nSPS) is 17.6. The first-order valence-electron chi connectivity index (χ1n) is 10.7. The van der Waals surface area contributed by atoms with Gasteiger partial charge in [-0.15, -0.1) is 0 Å². The van der Waals surface area contributed by atoms with Gasteiger partial charge >= 0.3 is 0 Å². The van der Waals surface area contributed by atoms with Crippen LogP contribution in [0.25, 0.3) is 0 Å². The molecule has 4 rings (SSSR count). The van der Waals surface area contributed by atoms with Crippen molar-refractivity contribution in [2.45, 2.75) is 57.4 Å². The quantitative estimate of drug-likeness (QED) is 0.680. The number of para-hydroxylation sites is 1. The molecule has 1 aromatic carbocycles. The number of anilines is 2. The van der Waals surface area contributed by atoms with Gasteiger partial charge in [0.15, 0.2) is 5.11 Å². The summed E-state index contributed by atoms with van der Waals surface area (Å²) in [7, 11) is 0. The fraction of sp³-hybridized carbons (Fsp3) is 0.500. The zero-order valence-corrected chi connectivity index (χ0v) is 17.6. The maximum atomic E-state index is 6.02. The van der Waals surface area contributed by atoms with Crippen LogP contribution < -0.4 is 20.3 Å². The van der Waals surface area contributed by atoms with Crippen molar-refractivity contribution in [3.05, 3.63) is 36.4 Å². The van der Waals surface area contributed by atoms with Crippen molar-refractivity contribution in [2.24, 2.45) is 0 Å². The van der Waals surface area contributed by atoms with E-state index in [1.807, 2.05) is 36.4 Å². The van der Waals surface area contributed by atoms with Gasteiger partial charge in [-0.2, -0.15) is 9.97 Å². The molecule has 6 nitrogen and oxygen atoms in total. The van der Waals surface area contributed by atoms with Crippen LogP contribution >= 0.6 is 12.2 Å². The van der Waals surface area contributed by atoms with Crippen molar-refractivity contribution in [3.63, 3.8) is 0 Å². The fourth-order valence-electron chi connectivity index (χ4n) is 3.99. The van der Waals surface area contributed by atoms with Gasteiger partial charge in [-0.3, -0.25) is 0 Å². The highest BCUT2D eigenvalue weighted by atomic mass is 32.1. The second-order valence-electron chi connectivity index (χ2n) is 7.78. The van der Waals surface area contributed by atoms with Gasteiger partial charge in [-0.1, -0.05) is 43.9 Å². The van der Waals surface area contributed by atoms with E-state index in [1.54, 1.807) is 0 Å². The van der Waals surface area contributed by atoms with Gasteiger partial charge in [0.25, 0.3) is 0 Å². The van der Waals surface area contributed by atoms with E-state index >= 15 is 0 Å². The fourth-order valence-corrected chi connectivity index (χ4v) is 4.24. The molecule has 2 heterocycles. The monoisotopic (exact) mass is 411 g/mol.